The molecule has 6 nitrogen and oxygen atoms in total. The van der Waals surface area contributed by atoms with Crippen LogP contribution in [0.4, 0.5) is 5.95 Å². The Morgan fingerprint density at radius 2 is 1.70 bits per heavy atom. The van der Waals surface area contributed by atoms with Gasteiger partial charge in [-0.25, -0.2) is 15.2 Å². The number of fused-ring (bicyclic) bond motifs is 1. The first-order valence-corrected chi connectivity index (χ1v) is 8.39. The summed E-state index contributed by atoms with van der Waals surface area (Å²) in [6, 6.07) is 23.7. The molecule has 0 unspecified atom stereocenters. The number of anilines is 1. The fourth-order valence-corrected chi connectivity index (χ4v) is 2.54. The average Bonchev–Trinajstić information content (AvgIpc) is 3.13. The van der Waals surface area contributed by atoms with Crippen molar-refractivity contribution in [1.29, 1.82) is 0 Å². The minimum atomic E-state index is -0.386. The predicted molar refractivity (Wildman–Crippen MR) is 105 cm³/mol. The molecule has 0 aliphatic carbocycles. The summed E-state index contributed by atoms with van der Waals surface area (Å²) in [5, 5.41) is 4.17. The molecule has 1 heterocycles. The number of ether oxygens (including phenoxy) is 1. The number of hydrogen-bond acceptors (Lipinski definition) is 5. The van der Waals surface area contributed by atoms with Crippen LogP contribution < -0.4 is 10.2 Å². The molecular weight excluding hydrogens is 340 g/mol. The smallest absolute Gasteiger partial charge is 0.343 e. The molecule has 0 amide bonds. The quantitative estimate of drug-likeness (QED) is 0.243. The molecule has 1 aromatic heterocycles. The first-order chi connectivity index (χ1) is 13.3. The number of para-hydroxylation sites is 2. The number of aromatic nitrogens is 2. The van der Waals surface area contributed by atoms with Gasteiger partial charge >= 0.3 is 5.97 Å². The van der Waals surface area contributed by atoms with E-state index in [1.807, 2.05) is 42.5 Å². The van der Waals surface area contributed by atoms with Gasteiger partial charge in [0.25, 0.3) is 0 Å². The summed E-state index contributed by atoms with van der Waals surface area (Å²) in [7, 11) is 0. The fourth-order valence-electron chi connectivity index (χ4n) is 2.54. The highest BCUT2D eigenvalue weighted by atomic mass is 16.5. The van der Waals surface area contributed by atoms with Crippen molar-refractivity contribution in [2.75, 3.05) is 5.43 Å². The van der Waals surface area contributed by atoms with Crippen molar-refractivity contribution >= 4 is 29.2 Å². The van der Waals surface area contributed by atoms with Gasteiger partial charge in [0.2, 0.25) is 5.95 Å². The molecule has 27 heavy (non-hydrogen) atoms. The largest absolute Gasteiger partial charge is 0.423 e. The lowest BCUT2D eigenvalue weighted by Gasteiger charge is -2.04. The van der Waals surface area contributed by atoms with Crippen molar-refractivity contribution in [1.82, 2.24) is 9.97 Å². The van der Waals surface area contributed by atoms with Crippen molar-refractivity contribution in [2.45, 2.75) is 0 Å². The van der Waals surface area contributed by atoms with Gasteiger partial charge in [-0.05, 0) is 54.1 Å². The van der Waals surface area contributed by atoms with E-state index >= 15 is 0 Å². The number of hydrogen-bond donors (Lipinski definition) is 2. The second-order valence-corrected chi connectivity index (χ2v) is 5.80. The summed E-state index contributed by atoms with van der Waals surface area (Å²) in [5.41, 5.74) is 6.06. The zero-order valence-electron chi connectivity index (χ0n) is 14.3. The molecule has 2 N–H and O–H groups in total. The average molecular weight is 356 g/mol. The van der Waals surface area contributed by atoms with Gasteiger partial charge in [0.05, 0.1) is 22.8 Å². The van der Waals surface area contributed by atoms with Crippen molar-refractivity contribution < 1.29 is 9.53 Å². The predicted octanol–water partition coefficient (Wildman–Crippen LogP) is 4.23. The Hall–Kier alpha value is -3.93. The van der Waals surface area contributed by atoms with E-state index in [1.165, 1.54) is 0 Å². The SMILES string of the molecule is O=C(Oc1ccc(/C=N\Nc2nc3ccccc3[nH]2)cc1)c1ccccc1. The van der Waals surface area contributed by atoms with E-state index in [0.29, 0.717) is 17.3 Å². The summed E-state index contributed by atoms with van der Waals surface area (Å²) < 4.78 is 5.35. The lowest BCUT2D eigenvalue weighted by atomic mass is 10.2. The Morgan fingerprint density at radius 1 is 0.963 bits per heavy atom. The molecule has 0 saturated heterocycles. The number of benzene rings is 3. The number of rotatable bonds is 5. The number of H-pyrrole nitrogens is 1. The lowest BCUT2D eigenvalue weighted by Crippen LogP contribution is -2.08. The molecule has 132 valence electrons. The Morgan fingerprint density at radius 3 is 2.48 bits per heavy atom. The highest BCUT2D eigenvalue weighted by Gasteiger charge is 2.07. The maximum absolute atomic E-state index is 12.0. The molecule has 0 bridgehead atoms. The van der Waals surface area contributed by atoms with E-state index in [0.717, 1.165) is 16.6 Å². The van der Waals surface area contributed by atoms with Gasteiger partial charge in [0.15, 0.2) is 0 Å². The van der Waals surface area contributed by atoms with Crippen LogP contribution in [0.15, 0.2) is 84.0 Å². The standard InChI is InChI=1S/C21H16N4O2/c26-20(16-6-2-1-3-7-16)27-17-12-10-15(11-13-17)14-22-25-21-23-18-8-4-5-9-19(18)24-21/h1-14H,(H2,23,24,25)/b22-14-. The van der Waals surface area contributed by atoms with E-state index in [4.69, 9.17) is 4.74 Å². The van der Waals surface area contributed by atoms with Crippen LogP contribution in [0.3, 0.4) is 0 Å². The van der Waals surface area contributed by atoms with E-state index in [2.05, 4.69) is 20.5 Å². The molecule has 0 radical (unpaired) electrons. The van der Waals surface area contributed by atoms with Crippen LogP contribution in [0, 0.1) is 0 Å². The zero-order valence-corrected chi connectivity index (χ0v) is 14.3. The molecule has 0 spiro atoms. The van der Waals surface area contributed by atoms with Crippen molar-refractivity contribution in [3.63, 3.8) is 0 Å². The van der Waals surface area contributed by atoms with E-state index in [-0.39, 0.29) is 5.97 Å². The first-order valence-electron chi connectivity index (χ1n) is 8.39. The number of imidazole rings is 1. The molecule has 6 heteroatoms. The summed E-state index contributed by atoms with van der Waals surface area (Å²) in [4.78, 5) is 19.5. The summed E-state index contributed by atoms with van der Waals surface area (Å²) in [6.07, 6.45) is 1.66. The van der Waals surface area contributed by atoms with E-state index in [1.54, 1.807) is 42.6 Å². The van der Waals surface area contributed by atoms with Gasteiger partial charge in [0, 0.05) is 0 Å². The van der Waals surface area contributed by atoms with Crippen LogP contribution in [0.5, 0.6) is 5.75 Å². The Balaban J connectivity index is 1.37. The van der Waals surface area contributed by atoms with Gasteiger partial charge in [-0.2, -0.15) is 5.10 Å². The number of aromatic amines is 1. The van der Waals surface area contributed by atoms with Crippen molar-refractivity contribution in [3.8, 4) is 5.75 Å². The number of esters is 1. The number of nitrogens with one attached hydrogen (secondary N) is 2. The third kappa shape index (κ3) is 4.01. The summed E-state index contributed by atoms with van der Waals surface area (Å²) in [6.45, 7) is 0. The third-order valence-corrected chi connectivity index (χ3v) is 3.87. The van der Waals surface area contributed by atoms with Crippen molar-refractivity contribution in [2.24, 2.45) is 5.10 Å². The second kappa shape index (κ2) is 7.53. The normalized spacial score (nSPS) is 11.0. The molecule has 4 rings (SSSR count). The van der Waals surface area contributed by atoms with Gasteiger partial charge < -0.3 is 9.72 Å². The van der Waals surface area contributed by atoms with Crippen LogP contribution in [-0.4, -0.2) is 22.2 Å². The number of nitrogens with zero attached hydrogens (tertiary/aromatic N) is 2. The van der Waals surface area contributed by atoms with Crippen LogP contribution in [0.1, 0.15) is 15.9 Å². The summed E-state index contributed by atoms with van der Waals surface area (Å²) >= 11 is 0. The van der Waals surface area contributed by atoms with Gasteiger partial charge in [0.1, 0.15) is 5.75 Å². The van der Waals surface area contributed by atoms with E-state index < -0.39 is 0 Å². The number of carbonyl (C=O) groups excluding carboxylic acids is 1. The molecule has 0 aliphatic rings. The maximum Gasteiger partial charge on any atom is 0.343 e. The molecule has 0 fully saturated rings. The first kappa shape index (κ1) is 16.5. The Bertz CT molecular complexity index is 1050. The highest BCUT2D eigenvalue weighted by Crippen LogP contribution is 2.15. The second-order valence-electron chi connectivity index (χ2n) is 5.80. The highest BCUT2D eigenvalue weighted by molar-refractivity contribution is 5.91. The van der Waals surface area contributed by atoms with Crippen LogP contribution in [0.2, 0.25) is 0 Å². The Labute approximate surface area is 155 Å². The number of carbonyl (C=O) groups is 1. The molecule has 0 aliphatic heterocycles. The lowest BCUT2D eigenvalue weighted by molar-refractivity contribution is 0.0735. The van der Waals surface area contributed by atoms with Crippen molar-refractivity contribution in [3.05, 3.63) is 90.0 Å². The molecule has 0 saturated carbocycles. The minimum absolute atomic E-state index is 0.386. The third-order valence-electron chi connectivity index (χ3n) is 3.87. The van der Waals surface area contributed by atoms with E-state index in [9.17, 15) is 4.79 Å². The van der Waals surface area contributed by atoms with Crippen LogP contribution in [-0.2, 0) is 0 Å². The molecular formula is C21H16N4O2. The minimum Gasteiger partial charge on any atom is -0.423 e. The van der Waals surface area contributed by atoms with Gasteiger partial charge in [-0.1, -0.05) is 30.3 Å². The molecule has 3 aromatic carbocycles. The molecule has 0 atom stereocenters. The molecule has 4 aromatic rings. The fraction of sp³-hybridized carbons (Fsp3) is 0. The Kier molecular flexibility index (Phi) is 4.61. The maximum atomic E-state index is 12.0. The monoisotopic (exact) mass is 356 g/mol. The van der Waals surface area contributed by atoms with Gasteiger partial charge in [-0.15, -0.1) is 0 Å². The van der Waals surface area contributed by atoms with Gasteiger partial charge in [-0.3, -0.25) is 0 Å². The number of hydrazone groups is 1. The zero-order chi connectivity index (χ0) is 18.5. The van der Waals surface area contributed by atoms with Crippen LogP contribution in [0.25, 0.3) is 11.0 Å². The topological polar surface area (TPSA) is 79.4 Å². The van der Waals surface area contributed by atoms with Crippen LogP contribution >= 0.6 is 0 Å². The summed E-state index contributed by atoms with van der Waals surface area (Å²) in [5.74, 6) is 0.663.